The van der Waals surface area contributed by atoms with E-state index < -0.39 is 22.5 Å². The van der Waals surface area contributed by atoms with Gasteiger partial charge in [-0.3, -0.25) is 4.79 Å². The number of carbonyl (C=O) groups excluding carboxylic acids is 1. The number of hydrogen-bond acceptors (Lipinski definition) is 6. The molecule has 0 bridgehead atoms. The molecule has 0 aliphatic carbocycles. The molecule has 0 atom stereocenters. The molecule has 28 heavy (non-hydrogen) atoms. The monoisotopic (exact) mass is 415 g/mol. The Hall–Kier alpha value is -2.53. The molecule has 1 amide bonds. The van der Waals surface area contributed by atoms with Gasteiger partial charge in [0.1, 0.15) is 16.3 Å². The lowest BCUT2D eigenvalue weighted by molar-refractivity contribution is -0.0503. The van der Waals surface area contributed by atoms with Crippen molar-refractivity contribution in [1.82, 2.24) is 14.4 Å². The predicted molar refractivity (Wildman–Crippen MR) is 93.7 cm³/mol. The molecule has 1 fully saturated rings. The van der Waals surface area contributed by atoms with Crippen molar-refractivity contribution in [2.24, 2.45) is 0 Å². The van der Waals surface area contributed by atoms with E-state index in [0.29, 0.717) is 0 Å². The van der Waals surface area contributed by atoms with E-state index in [0.717, 1.165) is 0 Å². The van der Waals surface area contributed by atoms with E-state index in [1.165, 1.54) is 34.3 Å². The minimum atomic E-state index is -3.80. The molecular weight excluding hydrogens is 396 g/mol. The fraction of sp³-hybridized carbons (Fsp3) is 0.412. The van der Waals surface area contributed by atoms with Gasteiger partial charge in [-0.25, -0.2) is 8.42 Å². The summed E-state index contributed by atoms with van der Waals surface area (Å²) < 4.78 is 61.4. The molecule has 152 valence electrons. The van der Waals surface area contributed by atoms with E-state index in [1.807, 2.05) is 0 Å². The molecule has 0 radical (unpaired) electrons. The molecule has 0 N–H and O–H groups in total. The molecule has 3 rings (SSSR count). The van der Waals surface area contributed by atoms with Crippen LogP contribution in [0.3, 0.4) is 0 Å². The Labute approximate surface area is 160 Å². The Bertz CT molecular complexity index is 949. The Kier molecular flexibility index (Phi) is 5.66. The van der Waals surface area contributed by atoms with Crippen LogP contribution >= 0.6 is 0 Å². The third kappa shape index (κ3) is 3.85. The number of rotatable bonds is 5. The Morgan fingerprint density at radius 2 is 1.82 bits per heavy atom. The number of ether oxygens (including phenoxy) is 1. The molecule has 1 saturated heterocycles. The first-order valence-corrected chi connectivity index (χ1v) is 9.92. The Balaban J connectivity index is 1.73. The van der Waals surface area contributed by atoms with Crippen LogP contribution in [0.5, 0.6) is 5.75 Å². The number of amides is 1. The van der Waals surface area contributed by atoms with Crippen LogP contribution < -0.4 is 4.74 Å². The van der Waals surface area contributed by atoms with Crippen molar-refractivity contribution in [3.8, 4) is 5.75 Å². The first kappa shape index (κ1) is 20.2. The number of aromatic nitrogens is 1. The number of nitrogens with zero attached hydrogens (tertiary/aromatic N) is 3. The van der Waals surface area contributed by atoms with Gasteiger partial charge in [-0.1, -0.05) is 17.3 Å². The number of sulfonamides is 1. The number of benzene rings is 1. The summed E-state index contributed by atoms with van der Waals surface area (Å²) in [5.41, 5.74) is 0.277. The second-order valence-electron chi connectivity index (χ2n) is 6.22. The fourth-order valence-electron chi connectivity index (χ4n) is 3.12. The predicted octanol–water partition coefficient (Wildman–Crippen LogP) is 2.04. The molecule has 0 spiro atoms. The summed E-state index contributed by atoms with van der Waals surface area (Å²) in [6, 6.07) is 5.72. The van der Waals surface area contributed by atoms with Gasteiger partial charge < -0.3 is 14.2 Å². The second-order valence-corrected chi connectivity index (χ2v) is 8.10. The van der Waals surface area contributed by atoms with Crippen molar-refractivity contribution in [3.05, 3.63) is 41.3 Å². The molecule has 0 saturated carbocycles. The van der Waals surface area contributed by atoms with E-state index in [2.05, 4.69) is 9.89 Å². The maximum absolute atomic E-state index is 12.8. The van der Waals surface area contributed by atoms with Gasteiger partial charge in [0.25, 0.3) is 5.91 Å². The lowest BCUT2D eigenvalue weighted by atomic mass is 10.1. The summed E-state index contributed by atoms with van der Waals surface area (Å²) in [6.45, 7) is 0.377. The van der Waals surface area contributed by atoms with Crippen LogP contribution in [0.1, 0.15) is 21.8 Å². The molecule has 8 nitrogen and oxygen atoms in total. The molecule has 1 aromatic carbocycles. The molecule has 2 aromatic rings. The van der Waals surface area contributed by atoms with Crippen molar-refractivity contribution < 1.29 is 31.3 Å². The average molecular weight is 415 g/mol. The minimum absolute atomic E-state index is 0.00447. The highest BCUT2D eigenvalue weighted by atomic mass is 32.2. The average Bonchev–Trinajstić information content (AvgIpc) is 3.00. The number of alkyl halides is 2. The smallest absolute Gasteiger partial charge is 0.387 e. The number of halogens is 2. The normalized spacial score (nSPS) is 15.8. The van der Waals surface area contributed by atoms with Crippen LogP contribution in [0.15, 0.2) is 33.7 Å². The highest BCUT2D eigenvalue weighted by molar-refractivity contribution is 7.89. The zero-order valence-corrected chi connectivity index (χ0v) is 16.1. The van der Waals surface area contributed by atoms with Crippen LogP contribution in [-0.2, 0) is 10.0 Å². The lowest BCUT2D eigenvalue weighted by Gasteiger charge is -2.34. The zero-order chi connectivity index (χ0) is 20.5. The van der Waals surface area contributed by atoms with E-state index >= 15 is 0 Å². The van der Waals surface area contributed by atoms with Crippen LogP contribution in [-0.4, -0.2) is 61.5 Å². The molecule has 2 heterocycles. The summed E-state index contributed by atoms with van der Waals surface area (Å²) in [5, 5.41) is 3.67. The molecule has 1 aliphatic rings. The van der Waals surface area contributed by atoms with Crippen molar-refractivity contribution in [1.29, 1.82) is 0 Å². The van der Waals surface area contributed by atoms with Gasteiger partial charge in [0, 0.05) is 26.2 Å². The largest absolute Gasteiger partial charge is 0.434 e. The molecular formula is C17H19F2N3O5S. The topological polar surface area (TPSA) is 93.0 Å². The number of hydrogen-bond donors (Lipinski definition) is 0. The van der Waals surface area contributed by atoms with E-state index in [4.69, 9.17) is 4.52 Å². The number of para-hydroxylation sites is 1. The van der Waals surface area contributed by atoms with Crippen LogP contribution in [0, 0.1) is 13.8 Å². The quantitative estimate of drug-likeness (QED) is 0.742. The first-order valence-electron chi connectivity index (χ1n) is 8.48. The van der Waals surface area contributed by atoms with Gasteiger partial charge in [0.2, 0.25) is 10.0 Å². The van der Waals surface area contributed by atoms with Crippen molar-refractivity contribution >= 4 is 15.9 Å². The van der Waals surface area contributed by atoms with Crippen LogP contribution in [0.4, 0.5) is 8.78 Å². The highest BCUT2D eigenvalue weighted by Gasteiger charge is 2.34. The summed E-state index contributed by atoms with van der Waals surface area (Å²) in [7, 11) is -3.80. The number of piperazine rings is 1. The van der Waals surface area contributed by atoms with Crippen LogP contribution in [0.25, 0.3) is 0 Å². The van der Waals surface area contributed by atoms with E-state index in [9.17, 15) is 22.0 Å². The Morgan fingerprint density at radius 1 is 1.18 bits per heavy atom. The lowest BCUT2D eigenvalue weighted by Crippen LogP contribution is -2.50. The molecule has 1 aromatic heterocycles. The molecule has 11 heteroatoms. The third-order valence-corrected chi connectivity index (χ3v) is 6.57. The van der Waals surface area contributed by atoms with Crippen molar-refractivity contribution in [2.45, 2.75) is 25.4 Å². The van der Waals surface area contributed by atoms with Gasteiger partial charge in [-0.2, -0.15) is 13.1 Å². The SMILES string of the molecule is Cc1noc(C)c1S(=O)(=O)N1CCN(C(=O)c2ccccc2OC(F)F)CC1. The van der Waals surface area contributed by atoms with E-state index in [-0.39, 0.29) is 53.8 Å². The van der Waals surface area contributed by atoms with E-state index in [1.54, 1.807) is 13.0 Å². The van der Waals surface area contributed by atoms with Gasteiger partial charge >= 0.3 is 6.61 Å². The highest BCUT2D eigenvalue weighted by Crippen LogP contribution is 2.26. The van der Waals surface area contributed by atoms with Gasteiger partial charge in [0.15, 0.2) is 5.76 Å². The van der Waals surface area contributed by atoms with Gasteiger partial charge in [-0.15, -0.1) is 0 Å². The fourth-order valence-corrected chi connectivity index (χ4v) is 4.83. The first-order chi connectivity index (χ1) is 13.2. The van der Waals surface area contributed by atoms with Crippen molar-refractivity contribution in [2.75, 3.05) is 26.2 Å². The maximum Gasteiger partial charge on any atom is 0.387 e. The second kappa shape index (κ2) is 7.84. The zero-order valence-electron chi connectivity index (χ0n) is 15.3. The maximum atomic E-state index is 12.8. The third-order valence-electron chi connectivity index (χ3n) is 4.43. The summed E-state index contributed by atoms with van der Waals surface area (Å²) >= 11 is 0. The summed E-state index contributed by atoms with van der Waals surface area (Å²) in [5.74, 6) is -0.506. The molecule has 0 unspecified atom stereocenters. The standard InChI is InChI=1S/C17H19F2N3O5S/c1-11-15(12(2)27-20-11)28(24,25)22-9-7-21(8-10-22)16(23)13-5-3-4-6-14(13)26-17(18)19/h3-6,17H,7-10H2,1-2H3. The number of carbonyl (C=O) groups is 1. The summed E-state index contributed by atoms with van der Waals surface area (Å²) in [4.78, 5) is 14.1. The van der Waals surface area contributed by atoms with Gasteiger partial charge in [-0.05, 0) is 26.0 Å². The minimum Gasteiger partial charge on any atom is -0.434 e. The van der Waals surface area contributed by atoms with Crippen molar-refractivity contribution in [3.63, 3.8) is 0 Å². The van der Waals surface area contributed by atoms with Crippen LogP contribution in [0.2, 0.25) is 0 Å². The van der Waals surface area contributed by atoms with Gasteiger partial charge in [0.05, 0.1) is 5.56 Å². The Morgan fingerprint density at radius 3 is 2.39 bits per heavy atom. The molecule has 1 aliphatic heterocycles. The summed E-state index contributed by atoms with van der Waals surface area (Å²) in [6.07, 6.45) is 0. The number of aryl methyl sites for hydroxylation is 2.